The van der Waals surface area contributed by atoms with Crippen molar-refractivity contribution in [1.29, 1.82) is 0 Å². The van der Waals surface area contributed by atoms with Crippen molar-refractivity contribution in [1.82, 2.24) is 15.1 Å². The van der Waals surface area contributed by atoms with E-state index in [0.717, 1.165) is 30.6 Å². The monoisotopic (exact) mass is 466 g/mol. The fourth-order valence-corrected chi connectivity index (χ4v) is 5.58. The number of halogens is 1. The van der Waals surface area contributed by atoms with Crippen molar-refractivity contribution in [2.45, 2.75) is 63.6 Å². The molecule has 2 aliphatic rings. The van der Waals surface area contributed by atoms with Gasteiger partial charge in [0.1, 0.15) is 22.7 Å². The summed E-state index contributed by atoms with van der Waals surface area (Å²) in [7, 11) is 0. The van der Waals surface area contributed by atoms with Gasteiger partial charge in [-0.3, -0.25) is 19.2 Å². The number of nitrogens with zero attached hydrogens (tertiary/aromatic N) is 3. The van der Waals surface area contributed by atoms with Crippen molar-refractivity contribution in [2.24, 2.45) is 0 Å². The number of rotatable bonds is 4. The second kappa shape index (κ2) is 8.74. The normalized spacial score (nSPS) is 21.5. The standard InChI is InChI=1S/C25H27FN4O2S/c1-25(24(32)27-17-9-4-2-3-5-10-17)16-29-21(15-19(28-29)22-13-8-14-33-22)23(31)30(25)20-12-7-6-11-18(20)26/h6-8,11-15,17H,2-5,9-10,16H2,1H3,(H,27,32)/t25-/m1/s1. The maximum atomic E-state index is 14.9. The first-order valence-electron chi connectivity index (χ1n) is 11.5. The average molecular weight is 467 g/mol. The SMILES string of the molecule is C[C@]1(C(=O)NC2CCCCCC2)Cn2nc(-c3cccs3)cc2C(=O)N1c1ccccc1F. The van der Waals surface area contributed by atoms with Gasteiger partial charge in [-0.15, -0.1) is 11.3 Å². The molecule has 33 heavy (non-hydrogen) atoms. The molecule has 2 amide bonds. The van der Waals surface area contributed by atoms with E-state index in [4.69, 9.17) is 0 Å². The van der Waals surface area contributed by atoms with Gasteiger partial charge in [-0.25, -0.2) is 4.39 Å². The van der Waals surface area contributed by atoms with E-state index in [1.165, 1.54) is 35.1 Å². The smallest absolute Gasteiger partial charge is 0.277 e. The average Bonchev–Trinajstić information content (AvgIpc) is 3.40. The Morgan fingerprint density at radius 3 is 2.61 bits per heavy atom. The Labute approximate surface area is 196 Å². The van der Waals surface area contributed by atoms with Gasteiger partial charge >= 0.3 is 0 Å². The molecule has 1 aromatic carbocycles. The van der Waals surface area contributed by atoms with Gasteiger partial charge in [0, 0.05) is 6.04 Å². The number of anilines is 1. The second-order valence-corrected chi connectivity index (χ2v) is 10.0. The largest absolute Gasteiger partial charge is 0.351 e. The fourth-order valence-electron chi connectivity index (χ4n) is 4.90. The third-order valence-electron chi connectivity index (χ3n) is 6.70. The molecule has 1 N–H and O–H groups in total. The quantitative estimate of drug-likeness (QED) is 0.550. The van der Waals surface area contributed by atoms with Gasteiger partial charge in [0.25, 0.3) is 5.91 Å². The summed E-state index contributed by atoms with van der Waals surface area (Å²) in [5.41, 5.74) is -0.195. The Morgan fingerprint density at radius 1 is 1.15 bits per heavy atom. The Bertz CT molecular complexity index is 1170. The second-order valence-electron chi connectivity index (χ2n) is 9.08. The highest BCUT2D eigenvalue weighted by atomic mass is 32.1. The van der Waals surface area contributed by atoms with E-state index in [1.807, 2.05) is 17.5 Å². The van der Waals surface area contributed by atoms with Crippen LogP contribution >= 0.6 is 11.3 Å². The Morgan fingerprint density at radius 2 is 1.91 bits per heavy atom. The number of hydrogen-bond acceptors (Lipinski definition) is 4. The van der Waals surface area contributed by atoms with Crippen molar-refractivity contribution in [2.75, 3.05) is 4.90 Å². The number of thiophene rings is 1. The summed E-state index contributed by atoms with van der Waals surface area (Å²) in [6, 6.07) is 11.8. The molecule has 1 aliphatic heterocycles. The first kappa shape index (κ1) is 21.8. The number of nitrogens with one attached hydrogen (secondary N) is 1. The van der Waals surface area contributed by atoms with Gasteiger partial charge in [0.05, 0.1) is 17.1 Å². The number of amides is 2. The summed E-state index contributed by atoms with van der Waals surface area (Å²) < 4.78 is 16.5. The first-order chi connectivity index (χ1) is 16.0. The molecule has 0 bridgehead atoms. The predicted octanol–water partition coefficient (Wildman–Crippen LogP) is 5.01. The first-order valence-corrected chi connectivity index (χ1v) is 12.4. The van der Waals surface area contributed by atoms with Gasteiger partial charge in [-0.1, -0.05) is 43.9 Å². The minimum absolute atomic E-state index is 0.0649. The van der Waals surface area contributed by atoms with Crippen LogP contribution in [0.4, 0.5) is 10.1 Å². The Kier molecular flexibility index (Phi) is 5.78. The molecular formula is C25H27FN4O2S. The third-order valence-corrected chi connectivity index (χ3v) is 7.59. The molecule has 172 valence electrons. The highest BCUT2D eigenvalue weighted by molar-refractivity contribution is 7.13. The number of carbonyl (C=O) groups is 2. The fraction of sp³-hybridized carbons (Fsp3) is 0.400. The number of aromatic nitrogens is 2. The van der Waals surface area contributed by atoms with Crippen LogP contribution in [0.3, 0.4) is 0 Å². The molecule has 0 spiro atoms. The van der Waals surface area contributed by atoms with Crippen molar-refractivity contribution >= 4 is 28.8 Å². The molecule has 8 heteroatoms. The van der Waals surface area contributed by atoms with Gasteiger partial charge in [0.15, 0.2) is 0 Å². The van der Waals surface area contributed by atoms with E-state index in [9.17, 15) is 14.0 Å². The van der Waals surface area contributed by atoms with Crippen LogP contribution in [0.2, 0.25) is 0 Å². The molecule has 1 aliphatic carbocycles. The predicted molar refractivity (Wildman–Crippen MR) is 127 cm³/mol. The molecule has 0 radical (unpaired) electrons. The summed E-state index contributed by atoms with van der Waals surface area (Å²) in [6.07, 6.45) is 6.34. The minimum atomic E-state index is -1.32. The third kappa shape index (κ3) is 3.97. The summed E-state index contributed by atoms with van der Waals surface area (Å²) in [5.74, 6) is -1.24. The topological polar surface area (TPSA) is 67.2 Å². The summed E-state index contributed by atoms with van der Waals surface area (Å²) >= 11 is 1.53. The molecule has 0 unspecified atom stereocenters. The number of fused-ring (bicyclic) bond motifs is 1. The van der Waals surface area contributed by atoms with Crippen LogP contribution < -0.4 is 10.2 Å². The molecule has 6 nitrogen and oxygen atoms in total. The Balaban J connectivity index is 1.56. The van der Waals surface area contributed by atoms with E-state index in [0.29, 0.717) is 11.4 Å². The maximum Gasteiger partial charge on any atom is 0.277 e. The molecular weight excluding hydrogens is 439 g/mol. The van der Waals surface area contributed by atoms with Crippen molar-refractivity contribution in [3.05, 3.63) is 59.4 Å². The van der Waals surface area contributed by atoms with Gasteiger partial charge < -0.3 is 5.32 Å². The maximum absolute atomic E-state index is 14.9. The molecule has 3 heterocycles. The number of para-hydroxylation sites is 1. The lowest BCUT2D eigenvalue weighted by Crippen LogP contribution is -2.65. The van der Waals surface area contributed by atoms with Gasteiger partial charge in [-0.05, 0) is 49.4 Å². The van der Waals surface area contributed by atoms with Crippen LogP contribution in [-0.4, -0.2) is 33.2 Å². The van der Waals surface area contributed by atoms with E-state index >= 15 is 0 Å². The van der Waals surface area contributed by atoms with Crippen LogP contribution in [0.15, 0.2) is 47.8 Å². The molecule has 2 aromatic heterocycles. The molecule has 5 rings (SSSR count). The Hall–Kier alpha value is -3.00. The lowest BCUT2D eigenvalue weighted by molar-refractivity contribution is -0.127. The lowest BCUT2D eigenvalue weighted by atomic mass is 9.93. The van der Waals surface area contributed by atoms with Crippen molar-refractivity contribution in [3.8, 4) is 10.6 Å². The zero-order valence-electron chi connectivity index (χ0n) is 18.6. The van der Waals surface area contributed by atoms with E-state index in [1.54, 1.807) is 35.9 Å². The molecule has 3 aromatic rings. The highest BCUT2D eigenvalue weighted by Crippen LogP contribution is 2.36. The van der Waals surface area contributed by atoms with Crippen molar-refractivity contribution < 1.29 is 14.0 Å². The number of carbonyl (C=O) groups excluding carboxylic acids is 2. The van der Waals surface area contributed by atoms with E-state index in [2.05, 4.69) is 10.4 Å². The molecule has 1 fully saturated rings. The summed E-state index contributed by atoms with van der Waals surface area (Å²) in [5, 5.41) is 9.77. The van der Waals surface area contributed by atoms with Crippen LogP contribution in [0.25, 0.3) is 10.6 Å². The lowest BCUT2D eigenvalue weighted by Gasteiger charge is -2.43. The van der Waals surface area contributed by atoms with Crippen LogP contribution in [0.1, 0.15) is 55.9 Å². The van der Waals surface area contributed by atoms with Crippen LogP contribution in [-0.2, 0) is 11.3 Å². The summed E-state index contributed by atoms with van der Waals surface area (Å²) in [6.45, 7) is 1.85. The zero-order chi connectivity index (χ0) is 23.0. The number of hydrogen-bond donors (Lipinski definition) is 1. The van der Waals surface area contributed by atoms with Crippen LogP contribution in [0, 0.1) is 5.82 Å². The van der Waals surface area contributed by atoms with Gasteiger partial charge in [0.2, 0.25) is 5.91 Å². The molecule has 1 saturated carbocycles. The highest BCUT2D eigenvalue weighted by Gasteiger charge is 2.50. The summed E-state index contributed by atoms with van der Waals surface area (Å²) in [4.78, 5) is 29.7. The number of benzene rings is 1. The minimum Gasteiger partial charge on any atom is -0.351 e. The van der Waals surface area contributed by atoms with Crippen LogP contribution in [0.5, 0.6) is 0 Å². The molecule has 0 saturated heterocycles. The molecule has 1 atom stereocenters. The van der Waals surface area contributed by atoms with Gasteiger partial charge in [-0.2, -0.15) is 5.10 Å². The zero-order valence-corrected chi connectivity index (χ0v) is 19.4. The van der Waals surface area contributed by atoms with E-state index < -0.39 is 17.3 Å². The van der Waals surface area contributed by atoms with Crippen molar-refractivity contribution in [3.63, 3.8) is 0 Å². The van der Waals surface area contributed by atoms with E-state index in [-0.39, 0.29) is 24.2 Å².